The molecule has 43 heavy (non-hydrogen) atoms. The van der Waals surface area contributed by atoms with Crippen LogP contribution in [0.25, 0.3) is 5.76 Å². The Labute approximate surface area is 257 Å². The van der Waals surface area contributed by atoms with E-state index < -0.39 is 105 Å². The van der Waals surface area contributed by atoms with Crippen molar-refractivity contribution < 1.29 is 48.4 Å². The van der Waals surface area contributed by atoms with E-state index in [1.54, 1.807) is 0 Å². The number of likely N-dealkylation sites (tertiary alicyclic amines) is 1. The fourth-order valence-electron chi connectivity index (χ4n) is 6.82. The summed E-state index contributed by atoms with van der Waals surface area (Å²) in [7, 11) is 4.48. The Morgan fingerprint density at radius 1 is 1.16 bits per heavy atom. The molecule has 5 rings (SSSR count). The van der Waals surface area contributed by atoms with Crippen molar-refractivity contribution in [3.05, 3.63) is 39.9 Å². The number of alkyl halides is 1. The molecule has 1 aromatic rings. The number of phenolic OH excluding ortho intramolecular Hbond substituents is 1. The van der Waals surface area contributed by atoms with Gasteiger partial charge in [-0.2, -0.15) is 0 Å². The number of primary amides is 1. The van der Waals surface area contributed by atoms with Crippen LogP contribution in [0.2, 0.25) is 0 Å². The number of aromatic hydroxyl groups is 1. The van der Waals surface area contributed by atoms with Crippen molar-refractivity contribution in [3.8, 4) is 5.75 Å². The summed E-state index contributed by atoms with van der Waals surface area (Å²) in [6, 6.07) is -1.30. The van der Waals surface area contributed by atoms with E-state index >= 15 is 4.39 Å². The van der Waals surface area contributed by atoms with E-state index in [4.69, 9.17) is 5.73 Å². The van der Waals surface area contributed by atoms with E-state index in [2.05, 4.69) is 5.32 Å². The number of aliphatic hydroxyl groups excluding tert-OH is 2. The quantitative estimate of drug-likeness (QED) is 0.202. The van der Waals surface area contributed by atoms with Crippen molar-refractivity contribution in [2.24, 2.45) is 17.6 Å². The molecule has 236 valence electrons. The number of benzene rings is 1. The molecule has 0 spiro atoms. The first-order valence-electron chi connectivity index (χ1n) is 12.9. The number of rotatable bonds is 4. The number of carbonyl (C=O) groups excluding carboxylic acids is 4. The van der Waals surface area contributed by atoms with Crippen molar-refractivity contribution in [3.63, 3.8) is 0 Å². The lowest BCUT2D eigenvalue weighted by atomic mass is 9.57. The highest BCUT2D eigenvalue weighted by molar-refractivity contribution is 6.24. The van der Waals surface area contributed by atoms with Gasteiger partial charge >= 0.3 is 0 Å². The SMILES string of the molecule is CN(C)[C@@H]1C(=O)C(C(N)=O)=C(O)[C@@]2(O)C(=O)C3=C(O)c4c(O)c(NC(=O)[C@@H]5C[C@@H](F)CN5C)cc(F)c4C[C@H]3C[C@@H]12.Cl.Cl. The Bertz CT molecular complexity index is 1480. The van der Waals surface area contributed by atoms with E-state index in [1.807, 2.05) is 0 Å². The number of fused-ring (bicyclic) bond motifs is 3. The van der Waals surface area contributed by atoms with E-state index in [9.17, 15) is 44.0 Å². The number of nitrogens with one attached hydrogen (secondary N) is 1. The molecule has 16 heteroatoms. The highest BCUT2D eigenvalue weighted by atomic mass is 35.5. The number of carbonyl (C=O) groups is 4. The van der Waals surface area contributed by atoms with Crippen LogP contribution in [0.15, 0.2) is 23.0 Å². The predicted molar refractivity (Wildman–Crippen MR) is 153 cm³/mol. The zero-order valence-electron chi connectivity index (χ0n) is 23.3. The fraction of sp³-hybridized carbons (Fsp3) is 0.481. The van der Waals surface area contributed by atoms with Gasteiger partial charge < -0.3 is 31.5 Å². The maximum Gasteiger partial charge on any atom is 0.255 e. The second kappa shape index (κ2) is 11.7. The molecule has 1 saturated heterocycles. The minimum absolute atomic E-state index is 0. The summed E-state index contributed by atoms with van der Waals surface area (Å²) < 4.78 is 29.2. The van der Waals surface area contributed by atoms with Gasteiger partial charge in [0.2, 0.25) is 11.7 Å². The van der Waals surface area contributed by atoms with E-state index in [0.29, 0.717) is 0 Å². The lowest BCUT2D eigenvalue weighted by Gasteiger charge is -2.50. The standard InChI is InChI=1S/C27H30F2N4O8.2ClH/c1-32(2)19-12-5-9-4-11-13(29)7-14(31-26(40)15-6-10(28)8-33(15)3)20(34)17(11)21(35)16(9)23(37)27(12,41)24(38)18(22(19)36)25(30)39;;/h7,9-10,12,15,19,34-35,38,41H,4-6,8H2,1-3H3,(H2,30,39)(H,31,40);2*1H/t9-,10+,12-,15-,19-,27-;;/m0../s1. The summed E-state index contributed by atoms with van der Waals surface area (Å²) in [6.07, 6.45) is -1.78. The molecule has 12 nitrogen and oxygen atoms in total. The summed E-state index contributed by atoms with van der Waals surface area (Å²) in [5.41, 5.74) is -0.0336. The number of ketones is 2. The molecule has 1 aromatic carbocycles. The zero-order chi connectivity index (χ0) is 30.3. The molecule has 0 aromatic heterocycles. The van der Waals surface area contributed by atoms with Crippen LogP contribution in [-0.2, 0) is 25.6 Å². The van der Waals surface area contributed by atoms with Crippen LogP contribution >= 0.6 is 24.8 Å². The molecule has 0 bridgehead atoms. The highest BCUT2D eigenvalue weighted by Gasteiger charge is 2.64. The summed E-state index contributed by atoms with van der Waals surface area (Å²) in [6.45, 7) is 0.0158. The van der Waals surface area contributed by atoms with Crippen molar-refractivity contribution in [2.75, 3.05) is 33.0 Å². The first kappa shape index (κ1) is 34.2. The lowest BCUT2D eigenvalue weighted by molar-refractivity contribution is -0.153. The third-order valence-corrected chi connectivity index (χ3v) is 8.72. The summed E-state index contributed by atoms with van der Waals surface area (Å²) in [5.74, 6) is -10.3. The molecule has 3 aliphatic carbocycles. The second-order valence-electron chi connectivity index (χ2n) is 11.3. The predicted octanol–water partition coefficient (Wildman–Crippen LogP) is 0.927. The largest absolute Gasteiger partial charge is 0.508 e. The van der Waals surface area contributed by atoms with Gasteiger partial charge in [0.15, 0.2) is 17.1 Å². The topological polar surface area (TPSA) is 194 Å². The van der Waals surface area contributed by atoms with Crippen LogP contribution in [0, 0.1) is 17.7 Å². The smallest absolute Gasteiger partial charge is 0.255 e. The maximum absolute atomic E-state index is 15.4. The molecule has 6 atom stereocenters. The number of likely N-dealkylation sites (N-methyl/N-ethyl adjacent to an activating group) is 2. The van der Waals surface area contributed by atoms with Gasteiger partial charge in [0, 0.05) is 36.1 Å². The van der Waals surface area contributed by atoms with Gasteiger partial charge in [-0.25, -0.2) is 8.78 Å². The second-order valence-corrected chi connectivity index (χ2v) is 11.3. The molecule has 2 amide bonds. The number of anilines is 1. The highest BCUT2D eigenvalue weighted by Crippen LogP contribution is 2.53. The van der Waals surface area contributed by atoms with E-state index in [-0.39, 0.29) is 56.2 Å². The van der Waals surface area contributed by atoms with Crippen LogP contribution in [0.1, 0.15) is 24.0 Å². The van der Waals surface area contributed by atoms with Gasteiger partial charge in [0.25, 0.3) is 5.91 Å². The molecular formula is C27H32Cl2F2N4O8. The van der Waals surface area contributed by atoms with E-state index in [0.717, 1.165) is 6.07 Å². The van der Waals surface area contributed by atoms with Crippen molar-refractivity contribution >= 4 is 59.6 Å². The Kier molecular flexibility index (Phi) is 9.27. The van der Waals surface area contributed by atoms with Gasteiger partial charge in [-0.3, -0.25) is 29.0 Å². The van der Waals surface area contributed by atoms with Crippen LogP contribution in [0.4, 0.5) is 14.5 Å². The van der Waals surface area contributed by atoms with E-state index in [1.165, 1.54) is 30.9 Å². The maximum atomic E-state index is 15.4. The number of aliphatic hydroxyl groups is 3. The minimum Gasteiger partial charge on any atom is -0.508 e. The number of hydrogen-bond acceptors (Lipinski definition) is 10. The number of nitrogens with zero attached hydrogens (tertiary/aromatic N) is 2. The van der Waals surface area contributed by atoms with Crippen LogP contribution in [0.3, 0.4) is 0 Å². The zero-order valence-corrected chi connectivity index (χ0v) is 24.9. The molecule has 4 aliphatic rings. The van der Waals surface area contributed by atoms with Crippen molar-refractivity contribution in [1.29, 1.82) is 0 Å². The minimum atomic E-state index is -2.83. The molecular weight excluding hydrogens is 617 g/mol. The number of Topliss-reactive ketones (excluding diaryl/α,β-unsaturated/α-hetero) is 2. The molecule has 2 fully saturated rings. The number of nitrogens with two attached hydrogens (primary N) is 1. The van der Waals surface area contributed by atoms with Crippen molar-refractivity contribution in [2.45, 2.75) is 43.1 Å². The molecule has 1 saturated carbocycles. The van der Waals surface area contributed by atoms with Gasteiger partial charge in [-0.05, 0) is 39.9 Å². The van der Waals surface area contributed by atoms with Gasteiger partial charge in [-0.1, -0.05) is 0 Å². The Morgan fingerprint density at radius 3 is 2.33 bits per heavy atom. The number of hydrogen-bond donors (Lipinski definition) is 6. The molecule has 1 heterocycles. The average molecular weight is 649 g/mol. The molecule has 0 unspecified atom stereocenters. The van der Waals surface area contributed by atoms with Crippen LogP contribution in [0.5, 0.6) is 5.75 Å². The van der Waals surface area contributed by atoms with Crippen LogP contribution in [-0.4, -0.2) is 105 Å². The normalized spacial score (nSPS) is 30.3. The summed E-state index contributed by atoms with van der Waals surface area (Å²) in [5, 5.41) is 47.1. The Hall–Kier alpha value is -3.30. The number of phenols is 1. The monoisotopic (exact) mass is 648 g/mol. The molecule has 1 aliphatic heterocycles. The lowest BCUT2D eigenvalue weighted by Crippen LogP contribution is -2.65. The van der Waals surface area contributed by atoms with Gasteiger partial charge in [0.1, 0.15) is 29.1 Å². The van der Waals surface area contributed by atoms with Gasteiger partial charge in [0.05, 0.1) is 23.3 Å². The third kappa shape index (κ3) is 4.94. The van der Waals surface area contributed by atoms with Crippen molar-refractivity contribution in [1.82, 2.24) is 9.80 Å². The summed E-state index contributed by atoms with van der Waals surface area (Å²) in [4.78, 5) is 54.6. The molecule has 0 radical (unpaired) electrons. The first-order chi connectivity index (χ1) is 19.1. The third-order valence-electron chi connectivity index (χ3n) is 8.72. The Morgan fingerprint density at radius 2 is 1.79 bits per heavy atom. The summed E-state index contributed by atoms with van der Waals surface area (Å²) >= 11 is 0. The van der Waals surface area contributed by atoms with Gasteiger partial charge in [-0.15, -0.1) is 24.8 Å². The van der Waals surface area contributed by atoms with Crippen LogP contribution < -0.4 is 11.1 Å². The number of amides is 2. The Balaban J connectivity index is 0.00000253. The fourth-order valence-corrected chi connectivity index (χ4v) is 6.82. The average Bonchev–Trinajstić information content (AvgIpc) is 3.21. The molecule has 7 N–H and O–H groups in total. The number of halogens is 4. The first-order valence-corrected chi connectivity index (χ1v) is 12.9.